The van der Waals surface area contributed by atoms with Crippen LogP contribution in [0.4, 0.5) is 5.82 Å². The van der Waals surface area contributed by atoms with E-state index >= 15 is 0 Å². The average molecular weight is 414 g/mol. The zero-order chi connectivity index (χ0) is 20.2. The Morgan fingerprint density at radius 3 is 2.83 bits per heavy atom. The summed E-state index contributed by atoms with van der Waals surface area (Å²) in [5.41, 5.74) is 2.89. The molecule has 0 unspecified atom stereocenters. The number of rotatable bonds is 6. The monoisotopic (exact) mass is 413 g/mol. The smallest absolute Gasteiger partial charge is 0.132 e. The molecular formula is C21H24ClN5O2. The number of H-pyrrole nitrogens is 1. The molecule has 0 amide bonds. The first-order valence-electron chi connectivity index (χ1n) is 9.68. The van der Waals surface area contributed by atoms with Gasteiger partial charge in [0.2, 0.25) is 0 Å². The van der Waals surface area contributed by atoms with Gasteiger partial charge in [0, 0.05) is 35.4 Å². The van der Waals surface area contributed by atoms with Gasteiger partial charge >= 0.3 is 0 Å². The summed E-state index contributed by atoms with van der Waals surface area (Å²) in [6.07, 6.45) is 0.637. The van der Waals surface area contributed by atoms with Crippen LogP contribution in [0.1, 0.15) is 29.0 Å². The molecule has 1 N–H and O–H groups in total. The van der Waals surface area contributed by atoms with E-state index in [1.54, 1.807) is 0 Å². The van der Waals surface area contributed by atoms with Crippen molar-refractivity contribution in [3.63, 3.8) is 0 Å². The minimum absolute atomic E-state index is 0.0958. The third-order valence-corrected chi connectivity index (χ3v) is 5.03. The molecule has 0 aliphatic carbocycles. The van der Waals surface area contributed by atoms with Crippen LogP contribution in [0.25, 0.3) is 0 Å². The lowest BCUT2D eigenvalue weighted by atomic mass is 10.2. The standard InChI is InChI=1S/C21H24ClN5O2/c1-14-11-21(24-15(2)23-14)27-8-10-29-20(13-27)19-12-17(25-26-19)7-9-28-18-5-3-16(22)4-6-18/h3-6,11-12,20H,7-10,13H2,1-2H3,(H,25,26)/t20-/m0/s1. The molecule has 1 saturated heterocycles. The second-order valence-corrected chi connectivity index (χ2v) is 7.53. The number of morpholine rings is 1. The number of nitrogens with one attached hydrogen (secondary N) is 1. The normalized spacial score (nSPS) is 16.8. The van der Waals surface area contributed by atoms with E-state index in [1.807, 2.05) is 44.2 Å². The predicted octanol–water partition coefficient (Wildman–Crippen LogP) is 3.67. The Morgan fingerprint density at radius 1 is 1.21 bits per heavy atom. The van der Waals surface area contributed by atoms with Gasteiger partial charge in [-0.2, -0.15) is 5.10 Å². The molecule has 7 nitrogen and oxygen atoms in total. The maximum atomic E-state index is 5.96. The second-order valence-electron chi connectivity index (χ2n) is 7.09. The number of hydrogen-bond donors (Lipinski definition) is 1. The van der Waals surface area contributed by atoms with Crippen LogP contribution in [0.3, 0.4) is 0 Å². The van der Waals surface area contributed by atoms with Gasteiger partial charge in [-0.25, -0.2) is 9.97 Å². The molecule has 1 aliphatic heterocycles. The van der Waals surface area contributed by atoms with E-state index in [1.165, 1.54) is 0 Å². The number of aromatic nitrogens is 4. The van der Waals surface area contributed by atoms with Crippen molar-refractivity contribution < 1.29 is 9.47 Å². The number of halogens is 1. The highest BCUT2D eigenvalue weighted by atomic mass is 35.5. The molecule has 29 heavy (non-hydrogen) atoms. The van der Waals surface area contributed by atoms with E-state index < -0.39 is 0 Å². The number of anilines is 1. The Kier molecular flexibility index (Phi) is 5.97. The van der Waals surface area contributed by atoms with Gasteiger partial charge in [0.15, 0.2) is 0 Å². The van der Waals surface area contributed by atoms with Crippen molar-refractivity contribution in [2.75, 3.05) is 31.2 Å². The number of benzene rings is 1. The first-order chi connectivity index (χ1) is 14.1. The predicted molar refractivity (Wildman–Crippen MR) is 112 cm³/mol. The summed E-state index contributed by atoms with van der Waals surface area (Å²) in [6.45, 7) is 6.61. The summed E-state index contributed by atoms with van der Waals surface area (Å²) in [5, 5.41) is 8.25. The molecule has 1 aliphatic rings. The zero-order valence-electron chi connectivity index (χ0n) is 16.6. The van der Waals surface area contributed by atoms with Crippen molar-refractivity contribution in [3.8, 4) is 5.75 Å². The summed E-state index contributed by atoms with van der Waals surface area (Å²) >= 11 is 5.89. The number of aromatic amines is 1. The molecule has 0 bridgehead atoms. The zero-order valence-corrected chi connectivity index (χ0v) is 17.3. The Morgan fingerprint density at radius 2 is 2.03 bits per heavy atom. The van der Waals surface area contributed by atoms with Crippen molar-refractivity contribution in [2.24, 2.45) is 0 Å². The molecule has 4 rings (SSSR count). The Labute approximate surface area is 175 Å². The fourth-order valence-corrected chi connectivity index (χ4v) is 3.50. The molecule has 152 valence electrons. The summed E-state index contributed by atoms with van der Waals surface area (Å²) < 4.78 is 11.7. The summed E-state index contributed by atoms with van der Waals surface area (Å²) in [6, 6.07) is 11.4. The van der Waals surface area contributed by atoms with Crippen LogP contribution in [0.15, 0.2) is 36.4 Å². The third-order valence-electron chi connectivity index (χ3n) is 4.78. The van der Waals surface area contributed by atoms with E-state index in [0.717, 1.165) is 47.4 Å². The molecule has 0 saturated carbocycles. The summed E-state index contributed by atoms with van der Waals surface area (Å²) in [5.74, 6) is 2.53. The Bertz CT molecular complexity index is 940. The van der Waals surface area contributed by atoms with Crippen molar-refractivity contribution in [2.45, 2.75) is 26.4 Å². The van der Waals surface area contributed by atoms with Gasteiger partial charge in [0.25, 0.3) is 0 Å². The Balaban J connectivity index is 1.35. The molecule has 2 aromatic heterocycles. The van der Waals surface area contributed by atoms with Gasteiger partial charge in [-0.1, -0.05) is 11.6 Å². The molecule has 1 atom stereocenters. The van der Waals surface area contributed by atoms with E-state index in [0.29, 0.717) is 24.8 Å². The summed E-state index contributed by atoms with van der Waals surface area (Å²) in [7, 11) is 0. The second kappa shape index (κ2) is 8.80. The number of aryl methyl sites for hydroxylation is 2. The first-order valence-corrected chi connectivity index (χ1v) is 10.1. The highest BCUT2D eigenvalue weighted by molar-refractivity contribution is 6.30. The van der Waals surface area contributed by atoms with Crippen LogP contribution in [0.2, 0.25) is 5.02 Å². The molecule has 1 aromatic carbocycles. The van der Waals surface area contributed by atoms with Crippen molar-refractivity contribution >= 4 is 17.4 Å². The topological polar surface area (TPSA) is 76.2 Å². The lowest BCUT2D eigenvalue weighted by Crippen LogP contribution is -2.39. The molecule has 3 aromatic rings. The molecule has 0 radical (unpaired) electrons. The highest BCUT2D eigenvalue weighted by Crippen LogP contribution is 2.25. The van der Waals surface area contributed by atoms with Crippen LogP contribution in [-0.2, 0) is 11.2 Å². The van der Waals surface area contributed by atoms with Gasteiger partial charge in [0.1, 0.15) is 23.5 Å². The first kappa shape index (κ1) is 19.7. The van der Waals surface area contributed by atoms with Crippen LogP contribution in [0, 0.1) is 13.8 Å². The number of ether oxygens (including phenoxy) is 2. The largest absolute Gasteiger partial charge is 0.493 e. The Hall–Kier alpha value is -2.64. The van der Waals surface area contributed by atoms with Gasteiger partial charge in [-0.05, 0) is 44.2 Å². The maximum Gasteiger partial charge on any atom is 0.132 e. The van der Waals surface area contributed by atoms with Crippen molar-refractivity contribution in [1.82, 2.24) is 20.2 Å². The highest BCUT2D eigenvalue weighted by Gasteiger charge is 2.25. The minimum atomic E-state index is -0.0958. The van der Waals surface area contributed by atoms with Gasteiger partial charge in [0.05, 0.1) is 25.5 Å². The van der Waals surface area contributed by atoms with E-state index in [9.17, 15) is 0 Å². The van der Waals surface area contributed by atoms with E-state index in [4.69, 9.17) is 21.1 Å². The quantitative estimate of drug-likeness (QED) is 0.664. The van der Waals surface area contributed by atoms with Crippen molar-refractivity contribution in [3.05, 3.63) is 64.3 Å². The van der Waals surface area contributed by atoms with Crippen LogP contribution < -0.4 is 9.64 Å². The maximum absolute atomic E-state index is 5.96. The van der Waals surface area contributed by atoms with E-state index in [-0.39, 0.29) is 6.10 Å². The fourth-order valence-electron chi connectivity index (χ4n) is 3.38. The SMILES string of the molecule is Cc1cc(N2CCO[C@H](c3cc(CCOc4ccc(Cl)cc4)[nH]n3)C2)nc(C)n1. The minimum Gasteiger partial charge on any atom is -0.493 e. The number of hydrogen-bond acceptors (Lipinski definition) is 6. The van der Waals surface area contributed by atoms with Crippen LogP contribution >= 0.6 is 11.6 Å². The fraction of sp³-hybridized carbons (Fsp3) is 0.381. The molecule has 3 heterocycles. The van der Waals surface area contributed by atoms with Gasteiger partial charge in [-0.3, -0.25) is 5.10 Å². The molecule has 1 fully saturated rings. The van der Waals surface area contributed by atoms with Gasteiger partial charge < -0.3 is 14.4 Å². The van der Waals surface area contributed by atoms with Gasteiger partial charge in [-0.15, -0.1) is 0 Å². The lowest BCUT2D eigenvalue weighted by molar-refractivity contribution is 0.0367. The number of nitrogens with zero attached hydrogens (tertiary/aromatic N) is 4. The third kappa shape index (κ3) is 5.05. The van der Waals surface area contributed by atoms with Crippen molar-refractivity contribution in [1.29, 1.82) is 0 Å². The molecule has 0 spiro atoms. The van der Waals surface area contributed by atoms with Crippen LogP contribution in [0.5, 0.6) is 5.75 Å². The van der Waals surface area contributed by atoms with E-state index in [2.05, 4.69) is 31.1 Å². The molecule has 8 heteroatoms. The van der Waals surface area contributed by atoms with Crippen LogP contribution in [-0.4, -0.2) is 46.5 Å². The lowest BCUT2D eigenvalue weighted by Gasteiger charge is -2.33. The summed E-state index contributed by atoms with van der Waals surface area (Å²) in [4.78, 5) is 11.2. The average Bonchev–Trinajstić information content (AvgIpc) is 3.18. The molecular weight excluding hydrogens is 390 g/mol.